The molecule has 0 heterocycles. The normalized spacial score (nSPS) is 11.9. The highest BCUT2D eigenvalue weighted by molar-refractivity contribution is 6.30. The summed E-state index contributed by atoms with van der Waals surface area (Å²) in [6.45, 7) is -0.540. The first-order chi connectivity index (χ1) is 5.24. The van der Waals surface area contributed by atoms with Crippen molar-refractivity contribution in [2.45, 2.75) is 6.04 Å². The van der Waals surface area contributed by atoms with Gasteiger partial charge in [-0.05, 0) is 17.7 Å². The van der Waals surface area contributed by atoms with Crippen LogP contribution in [0.5, 0.6) is 0 Å². The Hall–Kier alpha value is -0.310. The van der Waals surface area contributed by atoms with E-state index in [1.165, 1.54) is 0 Å². The molecule has 0 aliphatic heterocycles. The van der Waals surface area contributed by atoms with E-state index in [-0.39, 0.29) is 12.4 Å². The second kappa shape index (κ2) is 5.36. The van der Waals surface area contributed by atoms with Crippen LogP contribution in [0.25, 0.3) is 0 Å². The number of rotatable bonds is 2. The zero-order valence-corrected chi connectivity index (χ0v) is 7.91. The summed E-state index contributed by atoms with van der Waals surface area (Å²) in [7, 11) is 0. The number of hydrogen-bond donors (Lipinski definition) is 1. The predicted molar refractivity (Wildman–Crippen MR) is 51.6 cm³/mol. The molecule has 0 unspecified atom stereocenters. The van der Waals surface area contributed by atoms with Gasteiger partial charge in [-0.1, -0.05) is 23.7 Å². The van der Waals surface area contributed by atoms with Gasteiger partial charge in [0.2, 0.25) is 0 Å². The molecule has 4 heteroatoms. The fourth-order valence-electron chi connectivity index (χ4n) is 0.799. The molecule has 0 saturated heterocycles. The van der Waals surface area contributed by atoms with Crippen LogP contribution in [0.15, 0.2) is 24.3 Å². The molecule has 1 nitrogen and oxygen atoms in total. The Kier molecular flexibility index (Phi) is 5.22. The molecule has 0 amide bonds. The minimum atomic E-state index is -0.540. The Balaban J connectivity index is 0.00000121. The molecule has 12 heavy (non-hydrogen) atoms. The van der Waals surface area contributed by atoms with Gasteiger partial charge in [0.05, 0.1) is 6.04 Å². The van der Waals surface area contributed by atoms with E-state index >= 15 is 0 Å². The Morgan fingerprint density at radius 3 is 2.25 bits per heavy atom. The topological polar surface area (TPSA) is 26.0 Å². The highest BCUT2D eigenvalue weighted by atomic mass is 35.5. The van der Waals surface area contributed by atoms with Crippen LogP contribution in [0.2, 0.25) is 5.02 Å². The average Bonchev–Trinajstić information content (AvgIpc) is 2.05. The summed E-state index contributed by atoms with van der Waals surface area (Å²) in [5.74, 6) is 0. The lowest BCUT2D eigenvalue weighted by Gasteiger charge is -2.05. The van der Waals surface area contributed by atoms with Crippen LogP contribution < -0.4 is 5.73 Å². The van der Waals surface area contributed by atoms with Gasteiger partial charge in [-0.15, -0.1) is 12.4 Å². The van der Waals surface area contributed by atoms with Crippen LogP contribution in [-0.2, 0) is 0 Å². The van der Waals surface area contributed by atoms with Crippen molar-refractivity contribution in [2.24, 2.45) is 5.73 Å². The van der Waals surface area contributed by atoms with Crippen molar-refractivity contribution >= 4 is 24.0 Å². The van der Waals surface area contributed by atoms with Crippen LogP contribution in [0.1, 0.15) is 11.6 Å². The molecule has 0 saturated carbocycles. The minimum Gasteiger partial charge on any atom is -0.322 e. The molecule has 0 bridgehead atoms. The maximum Gasteiger partial charge on any atom is 0.109 e. The average molecular weight is 210 g/mol. The highest BCUT2D eigenvalue weighted by Gasteiger charge is 2.03. The third-order valence-corrected chi connectivity index (χ3v) is 1.72. The molecule has 0 spiro atoms. The van der Waals surface area contributed by atoms with Crippen LogP contribution in [-0.4, -0.2) is 6.67 Å². The summed E-state index contributed by atoms with van der Waals surface area (Å²) in [6.07, 6.45) is 0. The maximum absolute atomic E-state index is 12.0. The minimum absolute atomic E-state index is 0. The number of nitrogens with two attached hydrogens (primary N) is 1. The summed E-state index contributed by atoms with van der Waals surface area (Å²) < 4.78 is 12.0. The number of alkyl halides is 1. The van der Waals surface area contributed by atoms with Gasteiger partial charge in [-0.3, -0.25) is 0 Å². The quantitative estimate of drug-likeness (QED) is 0.797. The Bertz CT molecular complexity index is 225. The maximum atomic E-state index is 12.0. The fraction of sp³-hybridized carbons (Fsp3) is 0.250. The lowest BCUT2D eigenvalue weighted by atomic mass is 10.1. The first-order valence-electron chi connectivity index (χ1n) is 3.31. The first-order valence-corrected chi connectivity index (χ1v) is 3.69. The molecule has 0 aromatic heterocycles. The van der Waals surface area contributed by atoms with Crippen molar-refractivity contribution in [1.82, 2.24) is 0 Å². The van der Waals surface area contributed by atoms with Gasteiger partial charge in [0, 0.05) is 5.02 Å². The third-order valence-electron chi connectivity index (χ3n) is 1.46. The molecule has 0 aliphatic rings. The Morgan fingerprint density at radius 1 is 1.33 bits per heavy atom. The molecule has 68 valence electrons. The van der Waals surface area contributed by atoms with E-state index in [1.54, 1.807) is 24.3 Å². The van der Waals surface area contributed by atoms with Gasteiger partial charge in [0.1, 0.15) is 6.67 Å². The van der Waals surface area contributed by atoms with Crippen LogP contribution in [0.3, 0.4) is 0 Å². The van der Waals surface area contributed by atoms with E-state index in [0.717, 1.165) is 5.56 Å². The molecule has 1 aromatic carbocycles. The van der Waals surface area contributed by atoms with Crippen LogP contribution in [0.4, 0.5) is 4.39 Å². The van der Waals surface area contributed by atoms with E-state index in [4.69, 9.17) is 17.3 Å². The van der Waals surface area contributed by atoms with E-state index in [2.05, 4.69) is 0 Å². The zero-order chi connectivity index (χ0) is 8.27. The molecule has 0 fully saturated rings. The Morgan fingerprint density at radius 2 is 1.83 bits per heavy atom. The molecule has 1 rings (SSSR count). The second-order valence-electron chi connectivity index (χ2n) is 2.31. The number of benzene rings is 1. The molecule has 0 aliphatic carbocycles. The van der Waals surface area contributed by atoms with Crippen molar-refractivity contribution in [1.29, 1.82) is 0 Å². The van der Waals surface area contributed by atoms with Crippen LogP contribution in [0, 0.1) is 0 Å². The van der Waals surface area contributed by atoms with Gasteiger partial charge < -0.3 is 5.73 Å². The van der Waals surface area contributed by atoms with E-state index in [1.807, 2.05) is 0 Å². The standard InChI is InChI=1S/C8H9ClFN.ClH/c9-7-3-1-6(2-4-7)8(11)5-10;/h1-4,8H,5,11H2;1H/t8-;/m1./s1. The number of hydrogen-bond acceptors (Lipinski definition) is 1. The SMILES string of the molecule is Cl.N[C@H](CF)c1ccc(Cl)cc1. The lowest BCUT2D eigenvalue weighted by Crippen LogP contribution is -2.11. The van der Waals surface area contributed by atoms with Crippen molar-refractivity contribution in [2.75, 3.05) is 6.67 Å². The summed E-state index contributed by atoms with van der Waals surface area (Å²) >= 11 is 5.62. The van der Waals surface area contributed by atoms with Crippen LogP contribution >= 0.6 is 24.0 Å². The molecule has 1 aromatic rings. The van der Waals surface area contributed by atoms with Crippen molar-refractivity contribution < 1.29 is 4.39 Å². The summed E-state index contributed by atoms with van der Waals surface area (Å²) in [4.78, 5) is 0. The largest absolute Gasteiger partial charge is 0.322 e. The van der Waals surface area contributed by atoms with Gasteiger partial charge in [0.15, 0.2) is 0 Å². The van der Waals surface area contributed by atoms with Crippen molar-refractivity contribution in [3.8, 4) is 0 Å². The molecule has 2 N–H and O–H groups in total. The highest BCUT2D eigenvalue weighted by Crippen LogP contribution is 2.14. The third kappa shape index (κ3) is 2.97. The predicted octanol–water partition coefficient (Wildman–Crippen LogP) is 2.73. The first kappa shape index (κ1) is 11.7. The summed E-state index contributed by atoms with van der Waals surface area (Å²) in [5.41, 5.74) is 6.20. The van der Waals surface area contributed by atoms with Gasteiger partial charge in [-0.25, -0.2) is 4.39 Å². The molecular formula is C8H10Cl2FN. The second-order valence-corrected chi connectivity index (χ2v) is 2.75. The van der Waals surface area contributed by atoms with E-state index in [0.29, 0.717) is 5.02 Å². The lowest BCUT2D eigenvalue weighted by molar-refractivity contribution is 0.437. The van der Waals surface area contributed by atoms with Gasteiger partial charge in [-0.2, -0.15) is 0 Å². The van der Waals surface area contributed by atoms with E-state index < -0.39 is 12.7 Å². The smallest absolute Gasteiger partial charge is 0.109 e. The zero-order valence-electron chi connectivity index (χ0n) is 6.34. The summed E-state index contributed by atoms with van der Waals surface area (Å²) in [6, 6.07) is 6.34. The fourth-order valence-corrected chi connectivity index (χ4v) is 0.925. The van der Waals surface area contributed by atoms with E-state index in [9.17, 15) is 4.39 Å². The molecule has 0 radical (unpaired) electrons. The molecular weight excluding hydrogens is 200 g/mol. The van der Waals surface area contributed by atoms with Crippen molar-refractivity contribution in [3.63, 3.8) is 0 Å². The van der Waals surface area contributed by atoms with Crippen molar-refractivity contribution in [3.05, 3.63) is 34.9 Å². The number of halogens is 3. The molecule has 1 atom stereocenters. The van der Waals surface area contributed by atoms with Gasteiger partial charge >= 0.3 is 0 Å². The van der Waals surface area contributed by atoms with Gasteiger partial charge in [0.25, 0.3) is 0 Å². The summed E-state index contributed by atoms with van der Waals surface area (Å²) in [5, 5.41) is 0.639. The Labute approximate surface area is 82.1 Å². The monoisotopic (exact) mass is 209 g/mol.